The summed E-state index contributed by atoms with van der Waals surface area (Å²) in [5, 5.41) is 6.59. The summed E-state index contributed by atoms with van der Waals surface area (Å²) < 4.78 is 27.0. The number of rotatable bonds is 3. The highest BCUT2D eigenvalue weighted by Gasteiger charge is 2.39. The minimum absolute atomic E-state index is 0.156. The Hall–Kier alpha value is -0.590. The maximum atomic E-state index is 12.7. The summed E-state index contributed by atoms with van der Waals surface area (Å²) in [7, 11) is -3.49. The van der Waals surface area contributed by atoms with Crippen LogP contribution in [0.2, 0.25) is 0 Å². The molecule has 21 heavy (non-hydrogen) atoms. The molecule has 0 radical (unpaired) electrons. The SMILES string of the molecule is O=S(=O)(c1[nH]ncc1CCl)N1CCC2(CCCCC2)CC1. The van der Waals surface area contributed by atoms with Gasteiger partial charge in [0.1, 0.15) is 0 Å². The van der Waals surface area contributed by atoms with E-state index in [9.17, 15) is 8.42 Å². The van der Waals surface area contributed by atoms with E-state index >= 15 is 0 Å². The Bertz CT molecular complexity index is 583. The van der Waals surface area contributed by atoms with Crippen LogP contribution in [-0.4, -0.2) is 36.0 Å². The van der Waals surface area contributed by atoms with Crippen LogP contribution in [0.25, 0.3) is 0 Å². The smallest absolute Gasteiger partial charge is 0.260 e. The molecule has 1 saturated carbocycles. The van der Waals surface area contributed by atoms with Gasteiger partial charge in [-0.05, 0) is 31.1 Å². The van der Waals surface area contributed by atoms with Crippen molar-refractivity contribution >= 4 is 21.6 Å². The van der Waals surface area contributed by atoms with Gasteiger partial charge in [0, 0.05) is 18.7 Å². The number of halogens is 1. The lowest BCUT2D eigenvalue weighted by molar-refractivity contribution is 0.102. The van der Waals surface area contributed by atoms with Crippen LogP contribution < -0.4 is 0 Å². The third-order valence-electron chi connectivity index (χ3n) is 5.12. The van der Waals surface area contributed by atoms with Gasteiger partial charge < -0.3 is 0 Å². The van der Waals surface area contributed by atoms with Gasteiger partial charge in [0.2, 0.25) is 0 Å². The van der Waals surface area contributed by atoms with Gasteiger partial charge in [0.05, 0.1) is 12.1 Å². The predicted octanol–water partition coefficient (Wildman–Crippen LogP) is 2.88. The van der Waals surface area contributed by atoms with Crippen LogP contribution in [0.4, 0.5) is 0 Å². The second-order valence-corrected chi connectivity index (χ2v) is 8.46. The van der Waals surface area contributed by atoms with Crippen LogP contribution in [0.15, 0.2) is 11.2 Å². The summed E-state index contributed by atoms with van der Waals surface area (Å²) in [5.74, 6) is 0.156. The molecule has 0 bridgehead atoms. The molecule has 0 aromatic carbocycles. The molecule has 118 valence electrons. The number of hydrogen-bond acceptors (Lipinski definition) is 3. The molecule has 1 spiro atoms. The van der Waals surface area contributed by atoms with Gasteiger partial charge in [0.25, 0.3) is 10.0 Å². The number of alkyl halides is 1. The molecule has 0 atom stereocenters. The zero-order valence-electron chi connectivity index (χ0n) is 12.1. The number of aromatic amines is 1. The summed E-state index contributed by atoms with van der Waals surface area (Å²) >= 11 is 5.79. The largest absolute Gasteiger partial charge is 0.266 e. The lowest BCUT2D eigenvalue weighted by atomic mass is 9.68. The molecular formula is C14H22ClN3O2S. The molecule has 2 aliphatic rings. The first-order valence-electron chi connectivity index (χ1n) is 7.66. The topological polar surface area (TPSA) is 66.1 Å². The Morgan fingerprint density at radius 3 is 2.48 bits per heavy atom. The molecule has 1 aromatic heterocycles. The third kappa shape index (κ3) is 2.85. The van der Waals surface area contributed by atoms with Crippen LogP contribution in [-0.2, 0) is 15.9 Å². The average molecular weight is 332 g/mol. The highest BCUT2D eigenvalue weighted by molar-refractivity contribution is 7.89. The third-order valence-corrected chi connectivity index (χ3v) is 7.32. The van der Waals surface area contributed by atoms with Gasteiger partial charge in [-0.1, -0.05) is 19.3 Å². The van der Waals surface area contributed by atoms with Crippen molar-refractivity contribution in [1.82, 2.24) is 14.5 Å². The van der Waals surface area contributed by atoms with Gasteiger partial charge in [-0.25, -0.2) is 8.42 Å². The van der Waals surface area contributed by atoms with Crippen molar-refractivity contribution in [2.75, 3.05) is 13.1 Å². The molecule has 7 heteroatoms. The number of sulfonamides is 1. The van der Waals surface area contributed by atoms with Crippen molar-refractivity contribution in [3.8, 4) is 0 Å². The molecular weight excluding hydrogens is 310 g/mol. The molecule has 2 fully saturated rings. The summed E-state index contributed by atoms with van der Waals surface area (Å²) in [6, 6.07) is 0. The minimum Gasteiger partial charge on any atom is -0.266 e. The van der Waals surface area contributed by atoms with Crippen LogP contribution >= 0.6 is 11.6 Å². The van der Waals surface area contributed by atoms with Crippen LogP contribution in [0.3, 0.4) is 0 Å². The van der Waals surface area contributed by atoms with Crippen LogP contribution in [0, 0.1) is 5.41 Å². The quantitative estimate of drug-likeness (QED) is 0.866. The van der Waals surface area contributed by atoms with E-state index < -0.39 is 10.0 Å². The number of H-pyrrole nitrogens is 1. The number of aromatic nitrogens is 2. The highest BCUT2D eigenvalue weighted by atomic mass is 35.5. The van der Waals surface area contributed by atoms with Gasteiger partial charge in [-0.2, -0.15) is 9.40 Å². The van der Waals surface area contributed by atoms with Gasteiger partial charge in [0.15, 0.2) is 5.03 Å². The number of hydrogen-bond donors (Lipinski definition) is 1. The number of nitrogens with one attached hydrogen (secondary N) is 1. The summed E-state index contributed by atoms with van der Waals surface area (Å²) in [5.41, 5.74) is 0.947. The molecule has 1 saturated heterocycles. The first-order valence-corrected chi connectivity index (χ1v) is 9.63. The lowest BCUT2D eigenvalue weighted by Crippen LogP contribution is -2.44. The molecule has 5 nitrogen and oxygen atoms in total. The monoisotopic (exact) mass is 331 g/mol. The fourth-order valence-corrected chi connectivity index (χ4v) is 5.58. The van der Waals surface area contributed by atoms with Gasteiger partial charge >= 0.3 is 0 Å². The van der Waals surface area contributed by atoms with Crippen molar-refractivity contribution in [2.45, 2.75) is 55.9 Å². The molecule has 1 aliphatic heterocycles. The van der Waals surface area contributed by atoms with Crippen LogP contribution in [0.5, 0.6) is 0 Å². The lowest BCUT2D eigenvalue weighted by Gasteiger charge is -2.43. The van der Waals surface area contributed by atoms with E-state index in [-0.39, 0.29) is 10.9 Å². The van der Waals surface area contributed by atoms with E-state index in [1.165, 1.54) is 38.3 Å². The zero-order valence-corrected chi connectivity index (χ0v) is 13.7. The Kier molecular flexibility index (Phi) is 4.30. The fourth-order valence-electron chi connectivity index (χ4n) is 3.75. The normalized spacial score (nSPS) is 23.5. The number of piperidine rings is 1. The summed E-state index contributed by atoms with van der Waals surface area (Å²) in [6.07, 6.45) is 9.90. The van der Waals surface area contributed by atoms with Gasteiger partial charge in [-0.3, -0.25) is 5.10 Å². The molecule has 3 rings (SSSR count). The van der Waals surface area contributed by atoms with Crippen molar-refractivity contribution < 1.29 is 8.42 Å². The fraction of sp³-hybridized carbons (Fsp3) is 0.786. The second-order valence-electron chi connectivity index (χ2n) is 6.32. The van der Waals surface area contributed by atoms with Crippen LogP contribution in [0.1, 0.15) is 50.5 Å². The molecule has 1 N–H and O–H groups in total. The molecule has 1 aromatic rings. The van der Waals surface area contributed by atoms with E-state index in [1.54, 1.807) is 4.31 Å². The van der Waals surface area contributed by atoms with Gasteiger partial charge in [-0.15, -0.1) is 11.6 Å². The Labute approximate surface area is 131 Å². The van der Waals surface area contributed by atoms with E-state index in [4.69, 9.17) is 11.6 Å². The van der Waals surface area contributed by atoms with E-state index in [2.05, 4.69) is 10.2 Å². The maximum absolute atomic E-state index is 12.7. The predicted molar refractivity (Wildman–Crippen MR) is 81.7 cm³/mol. The Morgan fingerprint density at radius 1 is 1.19 bits per heavy atom. The van der Waals surface area contributed by atoms with E-state index in [0.717, 1.165) is 12.8 Å². The molecule has 0 amide bonds. The zero-order chi connectivity index (χ0) is 14.9. The van der Waals surface area contributed by atoms with Crippen molar-refractivity contribution in [3.05, 3.63) is 11.8 Å². The van der Waals surface area contributed by atoms with E-state index in [0.29, 0.717) is 24.1 Å². The molecule has 0 unspecified atom stereocenters. The Morgan fingerprint density at radius 2 is 1.86 bits per heavy atom. The molecule has 2 heterocycles. The second kappa shape index (κ2) is 5.89. The van der Waals surface area contributed by atoms with E-state index in [1.807, 2.05) is 0 Å². The summed E-state index contributed by atoms with van der Waals surface area (Å²) in [4.78, 5) is 0. The van der Waals surface area contributed by atoms with Crippen molar-refractivity contribution in [2.24, 2.45) is 5.41 Å². The maximum Gasteiger partial charge on any atom is 0.260 e. The number of nitrogens with zero attached hydrogens (tertiary/aromatic N) is 2. The molecule has 1 aliphatic carbocycles. The first-order chi connectivity index (χ1) is 10.1. The van der Waals surface area contributed by atoms with Crippen molar-refractivity contribution in [3.63, 3.8) is 0 Å². The summed E-state index contributed by atoms with van der Waals surface area (Å²) in [6.45, 7) is 1.23. The highest BCUT2D eigenvalue weighted by Crippen LogP contribution is 2.45. The minimum atomic E-state index is -3.49. The van der Waals surface area contributed by atoms with Crippen molar-refractivity contribution in [1.29, 1.82) is 0 Å². The Balaban J connectivity index is 1.74. The standard InChI is InChI=1S/C14H22ClN3O2S/c15-10-12-11-16-17-13(12)21(19,20)18-8-6-14(7-9-18)4-2-1-3-5-14/h11H,1-10H2,(H,16,17). The average Bonchev–Trinajstić information content (AvgIpc) is 2.98. The first kappa shape index (κ1) is 15.3.